The lowest BCUT2D eigenvalue weighted by Crippen LogP contribution is -2.40. The van der Waals surface area contributed by atoms with Crippen molar-refractivity contribution in [1.29, 1.82) is 0 Å². The second-order valence-corrected chi connectivity index (χ2v) is 8.35. The number of aliphatic hydroxyl groups excluding tert-OH is 1. The summed E-state index contributed by atoms with van der Waals surface area (Å²) in [6, 6.07) is 21.8. The molecule has 0 atom stereocenters. The predicted molar refractivity (Wildman–Crippen MR) is 121 cm³/mol. The van der Waals surface area contributed by atoms with Crippen LogP contribution in [0.3, 0.4) is 0 Å². The molecule has 2 aromatic carbocycles. The molecule has 3 aromatic rings. The number of likely N-dealkylation sites (tertiary alicyclic amines) is 1. The molecule has 1 aromatic heterocycles. The molecule has 1 aliphatic rings. The van der Waals surface area contributed by atoms with Crippen LogP contribution >= 0.6 is 11.3 Å². The van der Waals surface area contributed by atoms with Gasteiger partial charge in [0, 0.05) is 18.0 Å². The molecule has 0 radical (unpaired) electrons. The molecule has 4 nitrogen and oxygen atoms in total. The van der Waals surface area contributed by atoms with Crippen LogP contribution in [-0.2, 0) is 11.4 Å². The number of ether oxygens (including phenoxy) is 1. The summed E-state index contributed by atoms with van der Waals surface area (Å²) in [6.45, 7) is 1.67. The third-order valence-corrected chi connectivity index (χ3v) is 6.09. The third-order valence-electron chi connectivity index (χ3n) is 5.19. The highest BCUT2D eigenvalue weighted by molar-refractivity contribution is 7.11. The van der Waals surface area contributed by atoms with E-state index in [0.29, 0.717) is 38.1 Å². The summed E-state index contributed by atoms with van der Waals surface area (Å²) in [5, 5.41) is 11.7. The van der Waals surface area contributed by atoms with E-state index in [0.717, 1.165) is 21.8 Å². The third kappa shape index (κ3) is 5.17. The molecule has 30 heavy (non-hydrogen) atoms. The van der Waals surface area contributed by atoms with Crippen molar-refractivity contribution in [3.8, 4) is 5.75 Å². The smallest absolute Gasteiger partial charge is 0.255 e. The van der Waals surface area contributed by atoms with Gasteiger partial charge in [-0.3, -0.25) is 4.79 Å². The summed E-state index contributed by atoms with van der Waals surface area (Å²) in [7, 11) is 0. The van der Waals surface area contributed by atoms with Crippen molar-refractivity contribution in [2.24, 2.45) is 0 Å². The maximum atomic E-state index is 13.3. The van der Waals surface area contributed by atoms with Gasteiger partial charge >= 0.3 is 0 Å². The van der Waals surface area contributed by atoms with Gasteiger partial charge in [0.2, 0.25) is 0 Å². The number of amides is 1. The molecule has 154 valence electrons. The molecule has 1 amide bonds. The summed E-state index contributed by atoms with van der Waals surface area (Å²) in [5.74, 6) is 0.784. The predicted octanol–water partition coefficient (Wildman–Crippen LogP) is 4.85. The molecular formula is C25H25NO3S. The number of thiophene rings is 1. The number of hydrogen-bond donors (Lipinski definition) is 1. The first kappa shape index (κ1) is 20.4. The van der Waals surface area contributed by atoms with Crippen LogP contribution in [0.1, 0.15) is 28.8 Å². The van der Waals surface area contributed by atoms with Gasteiger partial charge in [0.1, 0.15) is 12.4 Å². The van der Waals surface area contributed by atoms with Gasteiger partial charge in [0.25, 0.3) is 5.91 Å². The molecule has 0 unspecified atom stereocenters. The Morgan fingerprint density at radius 2 is 1.87 bits per heavy atom. The van der Waals surface area contributed by atoms with E-state index >= 15 is 0 Å². The summed E-state index contributed by atoms with van der Waals surface area (Å²) < 4.78 is 5.94. The van der Waals surface area contributed by atoms with Gasteiger partial charge in [-0.15, -0.1) is 11.3 Å². The summed E-state index contributed by atoms with van der Waals surface area (Å²) in [6.07, 6.45) is 2.90. The van der Waals surface area contributed by atoms with E-state index < -0.39 is 0 Å². The van der Waals surface area contributed by atoms with Gasteiger partial charge in [-0.05, 0) is 53.6 Å². The zero-order valence-corrected chi connectivity index (χ0v) is 17.6. The fourth-order valence-corrected chi connectivity index (χ4v) is 4.25. The van der Waals surface area contributed by atoms with Crippen LogP contribution in [0.2, 0.25) is 0 Å². The minimum atomic E-state index is -0.304. The first-order chi connectivity index (χ1) is 14.7. The second kappa shape index (κ2) is 9.74. The highest BCUT2D eigenvalue weighted by Crippen LogP contribution is 2.27. The number of piperidine rings is 1. The Hall–Kier alpha value is -2.89. The van der Waals surface area contributed by atoms with E-state index in [1.807, 2.05) is 83.1 Å². The molecule has 4 rings (SSSR count). The normalized spacial score (nSPS) is 15.2. The molecule has 1 saturated heterocycles. The first-order valence-electron chi connectivity index (χ1n) is 10.2. The van der Waals surface area contributed by atoms with Gasteiger partial charge in [0.15, 0.2) is 0 Å². The highest BCUT2D eigenvalue weighted by Gasteiger charge is 2.25. The van der Waals surface area contributed by atoms with E-state index in [-0.39, 0.29) is 12.0 Å². The van der Waals surface area contributed by atoms with E-state index in [4.69, 9.17) is 4.74 Å². The number of carbonyl (C=O) groups is 1. The largest absolute Gasteiger partial charge is 0.489 e. The van der Waals surface area contributed by atoms with E-state index in [9.17, 15) is 9.90 Å². The maximum absolute atomic E-state index is 13.3. The Labute approximate surface area is 181 Å². The quantitative estimate of drug-likeness (QED) is 0.581. The molecule has 1 aliphatic heterocycles. The number of rotatable bonds is 6. The van der Waals surface area contributed by atoms with Gasteiger partial charge in [-0.25, -0.2) is 0 Å². The molecule has 2 heterocycles. The van der Waals surface area contributed by atoms with Crippen molar-refractivity contribution in [2.45, 2.75) is 25.6 Å². The van der Waals surface area contributed by atoms with Crippen molar-refractivity contribution in [3.63, 3.8) is 0 Å². The molecule has 0 bridgehead atoms. The number of aliphatic hydroxyl groups is 1. The lowest BCUT2D eigenvalue weighted by atomic mass is 10.0. The highest BCUT2D eigenvalue weighted by atomic mass is 32.1. The zero-order chi connectivity index (χ0) is 20.8. The molecule has 0 aliphatic carbocycles. The topological polar surface area (TPSA) is 49.8 Å². The van der Waals surface area contributed by atoms with Crippen LogP contribution in [0, 0.1) is 0 Å². The minimum absolute atomic E-state index is 0.0138. The van der Waals surface area contributed by atoms with Gasteiger partial charge in [-0.1, -0.05) is 48.5 Å². The van der Waals surface area contributed by atoms with Crippen molar-refractivity contribution < 1.29 is 14.6 Å². The molecule has 0 spiro atoms. The summed E-state index contributed by atoms with van der Waals surface area (Å²) >= 11 is 1.56. The van der Waals surface area contributed by atoms with Crippen LogP contribution in [0.25, 0.3) is 11.6 Å². The van der Waals surface area contributed by atoms with Crippen molar-refractivity contribution in [1.82, 2.24) is 4.90 Å². The number of carbonyl (C=O) groups excluding carboxylic acids is 1. The standard InChI is InChI=1S/C25H25NO3S/c27-21-11-13-26(14-12-21)25(28)23(24-10-5-15-30-24)17-20-8-4-9-22(16-20)29-18-19-6-2-1-3-7-19/h1-10,15-17,21,27H,11-14,18H2. The van der Waals surface area contributed by atoms with Crippen molar-refractivity contribution in [2.75, 3.05) is 13.1 Å². The van der Waals surface area contributed by atoms with E-state index in [2.05, 4.69) is 0 Å². The van der Waals surface area contributed by atoms with Gasteiger partial charge < -0.3 is 14.7 Å². The Morgan fingerprint density at radius 1 is 1.07 bits per heavy atom. The SMILES string of the molecule is O=C(C(=Cc1cccc(OCc2ccccc2)c1)c1cccs1)N1CCC(O)CC1. The molecule has 1 N–H and O–H groups in total. The Kier molecular flexibility index (Phi) is 6.62. The maximum Gasteiger partial charge on any atom is 0.255 e. The van der Waals surface area contributed by atoms with Gasteiger partial charge in [0.05, 0.1) is 11.7 Å². The monoisotopic (exact) mass is 419 g/mol. The van der Waals surface area contributed by atoms with Crippen molar-refractivity contribution in [3.05, 3.63) is 88.1 Å². The van der Waals surface area contributed by atoms with E-state index in [1.165, 1.54) is 0 Å². The summed E-state index contributed by atoms with van der Waals surface area (Å²) in [4.78, 5) is 16.0. The fourth-order valence-electron chi connectivity index (χ4n) is 3.51. The number of benzene rings is 2. The molecule has 0 saturated carbocycles. The lowest BCUT2D eigenvalue weighted by molar-refractivity contribution is -0.126. The van der Waals surface area contributed by atoms with Crippen LogP contribution in [-0.4, -0.2) is 35.1 Å². The van der Waals surface area contributed by atoms with Gasteiger partial charge in [-0.2, -0.15) is 0 Å². The number of hydrogen-bond acceptors (Lipinski definition) is 4. The summed E-state index contributed by atoms with van der Waals surface area (Å²) in [5.41, 5.74) is 2.72. The fraction of sp³-hybridized carbons (Fsp3) is 0.240. The van der Waals surface area contributed by atoms with Crippen LogP contribution in [0.5, 0.6) is 5.75 Å². The second-order valence-electron chi connectivity index (χ2n) is 7.41. The molecule has 5 heteroatoms. The minimum Gasteiger partial charge on any atom is -0.489 e. The Bertz CT molecular complexity index is 990. The van der Waals surface area contributed by atoms with Crippen LogP contribution < -0.4 is 4.74 Å². The molecular weight excluding hydrogens is 394 g/mol. The van der Waals surface area contributed by atoms with Crippen LogP contribution in [0.4, 0.5) is 0 Å². The zero-order valence-electron chi connectivity index (χ0n) is 16.7. The Morgan fingerprint density at radius 3 is 2.60 bits per heavy atom. The molecule has 1 fully saturated rings. The average Bonchev–Trinajstić information content (AvgIpc) is 3.32. The first-order valence-corrected chi connectivity index (χ1v) is 11.1. The number of nitrogens with zero attached hydrogens (tertiary/aromatic N) is 1. The van der Waals surface area contributed by atoms with Crippen molar-refractivity contribution >= 4 is 28.9 Å². The lowest BCUT2D eigenvalue weighted by Gasteiger charge is -2.30. The average molecular weight is 420 g/mol. The Balaban J connectivity index is 1.55. The van der Waals surface area contributed by atoms with E-state index in [1.54, 1.807) is 11.3 Å². The van der Waals surface area contributed by atoms with Crippen LogP contribution in [0.15, 0.2) is 72.1 Å².